The van der Waals surface area contributed by atoms with Crippen LogP contribution in [0, 0.1) is 5.82 Å². The molecule has 2 N–H and O–H groups in total. The lowest BCUT2D eigenvalue weighted by atomic mass is 10.1. The normalized spacial score (nSPS) is 12.9. The van der Waals surface area contributed by atoms with Crippen molar-refractivity contribution in [3.63, 3.8) is 0 Å². The fraction of sp³-hybridized carbons (Fsp3) is 0.625. The van der Waals surface area contributed by atoms with Gasteiger partial charge < -0.3 is 5.73 Å². The van der Waals surface area contributed by atoms with E-state index in [0.717, 1.165) is 25.1 Å². The number of halogens is 1. The van der Waals surface area contributed by atoms with Crippen molar-refractivity contribution in [1.29, 1.82) is 0 Å². The van der Waals surface area contributed by atoms with E-state index < -0.39 is 0 Å². The molecule has 19 heavy (non-hydrogen) atoms. The Labute approximate surface area is 116 Å². The predicted octanol–water partition coefficient (Wildman–Crippen LogP) is 3.73. The molecule has 1 rings (SSSR count). The summed E-state index contributed by atoms with van der Waals surface area (Å²) in [7, 11) is 2.07. The van der Waals surface area contributed by atoms with Gasteiger partial charge in [0.25, 0.3) is 0 Å². The summed E-state index contributed by atoms with van der Waals surface area (Å²) in [6.07, 6.45) is 6.00. The molecule has 0 saturated heterocycles. The van der Waals surface area contributed by atoms with Crippen LogP contribution < -0.4 is 5.73 Å². The Balaban J connectivity index is 2.29. The van der Waals surface area contributed by atoms with Gasteiger partial charge in [0.1, 0.15) is 5.82 Å². The fourth-order valence-electron chi connectivity index (χ4n) is 2.28. The summed E-state index contributed by atoms with van der Waals surface area (Å²) in [5.41, 5.74) is 6.25. The molecule has 1 aromatic carbocycles. The third-order valence-electron chi connectivity index (χ3n) is 3.73. The zero-order chi connectivity index (χ0) is 14.1. The molecule has 0 heterocycles. The van der Waals surface area contributed by atoms with Gasteiger partial charge in [-0.25, -0.2) is 4.39 Å². The standard InChI is InChI=1S/C16H27FN2/c1-14(15-10-6-7-11-16(15)17)19(2)13-9-5-3-4-8-12-18/h6-7,10-11,14H,3-5,8-9,12-13,18H2,1-2H3. The van der Waals surface area contributed by atoms with Crippen LogP contribution in [-0.2, 0) is 0 Å². The smallest absolute Gasteiger partial charge is 0.127 e. The lowest BCUT2D eigenvalue weighted by Gasteiger charge is -2.25. The second-order valence-electron chi connectivity index (χ2n) is 5.23. The van der Waals surface area contributed by atoms with Gasteiger partial charge in [0, 0.05) is 11.6 Å². The van der Waals surface area contributed by atoms with Crippen molar-refractivity contribution in [2.24, 2.45) is 5.73 Å². The molecular formula is C16H27FN2. The van der Waals surface area contributed by atoms with E-state index in [1.54, 1.807) is 6.07 Å². The summed E-state index contributed by atoms with van der Waals surface area (Å²) in [5, 5.41) is 0. The SMILES string of the molecule is CC(c1ccccc1F)N(C)CCCCCCCN. The highest BCUT2D eigenvalue weighted by Gasteiger charge is 2.14. The molecule has 0 spiro atoms. The minimum Gasteiger partial charge on any atom is -0.330 e. The molecule has 1 unspecified atom stereocenters. The first kappa shape index (κ1) is 16.1. The van der Waals surface area contributed by atoms with Gasteiger partial charge in [-0.3, -0.25) is 4.90 Å². The largest absolute Gasteiger partial charge is 0.330 e. The van der Waals surface area contributed by atoms with Crippen molar-refractivity contribution in [3.05, 3.63) is 35.6 Å². The summed E-state index contributed by atoms with van der Waals surface area (Å²) >= 11 is 0. The maximum atomic E-state index is 13.7. The highest BCUT2D eigenvalue weighted by molar-refractivity contribution is 5.20. The summed E-state index contributed by atoms with van der Waals surface area (Å²) in [6, 6.07) is 7.17. The number of nitrogens with zero attached hydrogens (tertiary/aromatic N) is 1. The number of nitrogens with two attached hydrogens (primary N) is 1. The maximum Gasteiger partial charge on any atom is 0.127 e. The van der Waals surface area contributed by atoms with Crippen LogP contribution in [0.25, 0.3) is 0 Å². The second-order valence-corrected chi connectivity index (χ2v) is 5.23. The van der Waals surface area contributed by atoms with E-state index in [0.29, 0.717) is 0 Å². The zero-order valence-corrected chi connectivity index (χ0v) is 12.2. The quantitative estimate of drug-likeness (QED) is 0.690. The summed E-state index contributed by atoms with van der Waals surface area (Å²) in [6.45, 7) is 3.87. The Morgan fingerprint density at radius 3 is 2.42 bits per heavy atom. The molecule has 0 amide bonds. The van der Waals surface area contributed by atoms with Crippen LogP contribution in [0.5, 0.6) is 0 Å². The molecule has 2 nitrogen and oxygen atoms in total. The van der Waals surface area contributed by atoms with Crippen LogP contribution in [0.2, 0.25) is 0 Å². The molecule has 1 aromatic rings. The molecule has 0 aromatic heterocycles. The van der Waals surface area contributed by atoms with E-state index in [4.69, 9.17) is 5.73 Å². The lowest BCUT2D eigenvalue weighted by molar-refractivity contribution is 0.250. The third kappa shape index (κ3) is 5.70. The van der Waals surface area contributed by atoms with Crippen molar-refractivity contribution >= 4 is 0 Å². The van der Waals surface area contributed by atoms with E-state index in [-0.39, 0.29) is 11.9 Å². The molecule has 0 radical (unpaired) electrons. The van der Waals surface area contributed by atoms with Crippen LogP contribution >= 0.6 is 0 Å². The number of rotatable bonds is 9. The van der Waals surface area contributed by atoms with Gasteiger partial charge in [-0.15, -0.1) is 0 Å². The first-order chi connectivity index (χ1) is 9.16. The van der Waals surface area contributed by atoms with Gasteiger partial charge in [-0.1, -0.05) is 37.5 Å². The average Bonchev–Trinajstić information content (AvgIpc) is 2.42. The molecule has 1 atom stereocenters. The van der Waals surface area contributed by atoms with Crippen molar-refractivity contribution in [3.8, 4) is 0 Å². The molecule has 0 aliphatic rings. The first-order valence-electron chi connectivity index (χ1n) is 7.31. The van der Waals surface area contributed by atoms with Crippen LogP contribution in [0.3, 0.4) is 0 Å². The van der Waals surface area contributed by atoms with Crippen molar-refractivity contribution < 1.29 is 4.39 Å². The molecule has 0 fully saturated rings. The van der Waals surface area contributed by atoms with Gasteiger partial charge in [-0.2, -0.15) is 0 Å². The van der Waals surface area contributed by atoms with Crippen molar-refractivity contribution in [1.82, 2.24) is 4.90 Å². The van der Waals surface area contributed by atoms with Crippen molar-refractivity contribution in [2.45, 2.75) is 45.1 Å². The van der Waals surface area contributed by atoms with Gasteiger partial charge >= 0.3 is 0 Å². The van der Waals surface area contributed by atoms with E-state index in [2.05, 4.69) is 18.9 Å². The van der Waals surface area contributed by atoms with Crippen molar-refractivity contribution in [2.75, 3.05) is 20.1 Å². The molecule has 0 aliphatic carbocycles. The highest BCUT2D eigenvalue weighted by Crippen LogP contribution is 2.21. The predicted molar refractivity (Wildman–Crippen MR) is 79.6 cm³/mol. The van der Waals surface area contributed by atoms with Crippen LogP contribution in [0.15, 0.2) is 24.3 Å². The lowest BCUT2D eigenvalue weighted by Crippen LogP contribution is -2.24. The molecule has 0 saturated carbocycles. The number of benzene rings is 1. The van der Waals surface area contributed by atoms with E-state index in [1.807, 2.05) is 12.1 Å². The molecule has 108 valence electrons. The Morgan fingerprint density at radius 1 is 1.11 bits per heavy atom. The Morgan fingerprint density at radius 2 is 1.74 bits per heavy atom. The molecule has 3 heteroatoms. The first-order valence-corrected chi connectivity index (χ1v) is 7.31. The Hall–Kier alpha value is -0.930. The third-order valence-corrected chi connectivity index (χ3v) is 3.73. The number of unbranched alkanes of at least 4 members (excludes halogenated alkanes) is 4. The van der Waals surface area contributed by atoms with Gasteiger partial charge in [-0.05, 0) is 46.0 Å². The highest BCUT2D eigenvalue weighted by atomic mass is 19.1. The minimum absolute atomic E-state index is 0.107. The van der Waals surface area contributed by atoms with E-state index in [9.17, 15) is 4.39 Å². The van der Waals surface area contributed by atoms with E-state index in [1.165, 1.54) is 31.7 Å². The number of hydrogen-bond acceptors (Lipinski definition) is 2. The second kappa shape index (κ2) is 9.05. The summed E-state index contributed by atoms with van der Waals surface area (Å²) < 4.78 is 13.7. The molecular weight excluding hydrogens is 239 g/mol. The average molecular weight is 266 g/mol. The van der Waals surface area contributed by atoms with Gasteiger partial charge in [0.15, 0.2) is 0 Å². The van der Waals surface area contributed by atoms with Crippen LogP contribution in [0.1, 0.15) is 50.6 Å². The summed E-state index contributed by atoms with van der Waals surface area (Å²) in [5.74, 6) is -0.107. The Bertz CT molecular complexity index is 354. The van der Waals surface area contributed by atoms with Gasteiger partial charge in [0.05, 0.1) is 0 Å². The molecule has 0 bridgehead atoms. The maximum absolute atomic E-state index is 13.7. The van der Waals surface area contributed by atoms with Crippen LogP contribution in [0.4, 0.5) is 4.39 Å². The number of hydrogen-bond donors (Lipinski definition) is 1. The zero-order valence-electron chi connectivity index (χ0n) is 12.2. The van der Waals surface area contributed by atoms with E-state index >= 15 is 0 Å². The monoisotopic (exact) mass is 266 g/mol. The fourth-order valence-corrected chi connectivity index (χ4v) is 2.28. The topological polar surface area (TPSA) is 29.3 Å². The minimum atomic E-state index is -0.107. The Kier molecular flexibility index (Phi) is 7.68. The van der Waals surface area contributed by atoms with Gasteiger partial charge in [0.2, 0.25) is 0 Å². The summed E-state index contributed by atoms with van der Waals surface area (Å²) in [4.78, 5) is 2.22. The van der Waals surface area contributed by atoms with Crippen LogP contribution in [-0.4, -0.2) is 25.0 Å². The molecule has 0 aliphatic heterocycles.